The number of methoxy groups -OCH3 is 2. The first kappa shape index (κ1) is 30.2. The van der Waals surface area contributed by atoms with E-state index < -0.39 is 23.3 Å². The highest BCUT2D eigenvalue weighted by atomic mass is 19.1. The molecule has 11 heteroatoms. The molecule has 1 aromatic heterocycles. The Morgan fingerprint density at radius 3 is 2.61 bits per heavy atom. The largest absolute Gasteiger partial charge is 0.496 e. The Labute approximate surface area is 255 Å². The van der Waals surface area contributed by atoms with Crippen LogP contribution in [0.5, 0.6) is 5.75 Å². The van der Waals surface area contributed by atoms with Crippen LogP contribution in [0.4, 0.5) is 13.6 Å². The minimum atomic E-state index is -0.685. The summed E-state index contributed by atoms with van der Waals surface area (Å²) >= 11 is 0. The number of nitrogens with zero attached hydrogens (tertiary/aromatic N) is 4. The van der Waals surface area contributed by atoms with Gasteiger partial charge in [-0.3, -0.25) is 9.36 Å². The molecule has 1 spiro atoms. The molecule has 2 aliphatic heterocycles. The number of aromatic nitrogens is 2. The van der Waals surface area contributed by atoms with Crippen molar-refractivity contribution in [2.45, 2.75) is 50.3 Å². The van der Waals surface area contributed by atoms with Gasteiger partial charge in [0.25, 0.3) is 5.56 Å². The highest BCUT2D eigenvalue weighted by Gasteiger charge is 2.57. The maximum Gasteiger partial charge on any atom is 0.320 e. The SMILES string of the molecule is COc1ccccc1-c1cc(=O)n(C[C@]2(OC)CCN(C(=O)N3CCNC[C@H]3c3cc(F)ccc3F)CC23CCCC3)cn1. The van der Waals surface area contributed by atoms with Crippen LogP contribution < -0.4 is 15.6 Å². The third-order valence-electron chi connectivity index (χ3n) is 9.96. The van der Waals surface area contributed by atoms with Gasteiger partial charge in [-0.25, -0.2) is 18.6 Å². The van der Waals surface area contributed by atoms with E-state index >= 15 is 0 Å². The lowest BCUT2D eigenvalue weighted by Crippen LogP contribution is -2.65. The van der Waals surface area contributed by atoms with Crippen molar-refractivity contribution < 1.29 is 23.0 Å². The van der Waals surface area contributed by atoms with Gasteiger partial charge in [0.15, 0.2) is 0 Å². The van der Waals surface area contributed by atoms with Crippen molar-refractivity contribution >= 4 is 6.03 Å². The van der Waals surface area contributed by atoms with Crippen molar-refractivity contribution in [1.82, 2.24) is 24.7 Å². The number of carbonyl (C=O) groups is 1. The first-order chi connectivity index (χ1) is 21.3. The van der Waals surface area contributed by atoms with Crippen LogP contribution in [0.15, 0.2) is 59.7 Å². The molecule has 2 aromatic carbocycles. The van der Waals surface area contributed by atoms with Gasteiger partial charge < -0.3 is 24.6 Å². The Morgan fingerprint density at radius 1 is 1.07 bits per heavy atom. The topological polar surface area (TPSA) is 88.9 Å². The van der Waals surface area contributed by atoms with Crippen molar-refractivity contribution in [2.75, 3.05) is 46.9 Å². The maximum absolute atomic E-state index is 14.8. The van der Waals surface area contributed by atoms with E-state index in [9.17, 15) is 18.4 Å². The average molecular weight is 608 g/mol. The molecule has 44 heavy (non-hydrogen) atoms. The minimum absolute atomic E-state index is 0.174. The van der Waals surface area contributed by atoms with Crippen LogP contribution in [0, 0.1) is 17.0 Å². The van der Waals surface area contributed by atoms with E-state index in [1.165, 1.54) is 12.1 Å². The summed E-state index contributed by atoms with van der Waals surface area (Å²) in [4.78, 5) is 35.7. The molecule has 3 aliphatic rings. The highest BCUT2D eigenvalue weighted by molar-refractivity contribution is 5.75. The van der Waals surface area contributed by atoms with Crippen LogP contribution >= 0.6 is 0 Å². The summed E-state index contributed by atoms with van der Waals surface area (Å²) in [7, 11) is 3.28. The van der Waals surface area contributed by atoms with Gasteiger partial charge in [0, 0.05) is 62.4 Å². The smallest absolute Gasteiger partial charge is 0.320 e. The van der Waals surface area contributed by atoms with E-state index in [1.54, 1.807) is 30.0 Å². The summed E-state index contributed by atoms with van der Waals surface area (Å²) in [6.45, 7) is 2.49. The second-order valence-corrected chi connectivity index (χ2v) is 12.2. The van der Waals surface area contributed by atoms with Crippen molar-refractivity contribution in [3.63, 3.8) is 0 Å². The molecule has 0 bridgehead atoms. The maximum atomic E-state index is 14.8. The number of ether oxygens (including phenoxy) is 2. The number of amides is 2. The molecule has 2 amide bonds. The number of urea groups is 1. The molecular weight excluding hydrogens is 568 g/mol. The molecule has 1 saturated carbocycles. The Balaban J connectivity index is 1.26. The fourth-order valence-electron chi connectivity index (χ4n) is 7.61. The molecule has 9 nitrogen and oxygen atoms in total. The Hall–Kier alpha value is -3.83. The number of piperidine rings is 1. The fraction of sp³-hybridized carbons (Fsp3) is 0.485. The summed E-state index contributed by atoms with van der Waals surface area (Å²) in [6.07, 6.45) is 5.81. The van der Waals surface area contributed by atoms with Crippen LogP contribution in [0.2, 0.25) is 0 Å². The lowest BCUT2D eigenvalue weighted by Gasteiger charge is -2.55. The molecule has 3 heterocycles. The predicted octanol–water partition coefficient (Wildman–Crippen LogP) is 4.61. The summed E-state index contributed by atoms with van der Waals surface area (Å²) in [5.41, 5.74) is 0.201. The lowest BCUT2D eigenvalue weighted by molar-refractivity contribution is -0.159. The van der Waals surface area contributed by atoms with E-state index in [-0.39, 0.29) is 22.6 Å². The van der Waals surface area contributed by atoms with Crippen molar-refractivity contribution in [3.05, 3.63) is 82.4 Å². The van der Waals surface area contributed by atoms with E-state index in [2.05, 4.69) is 10.3 Å². The Kier molecular flexibility index (Phi) is 8.43. The lowest BCUT2D eigenvalue weighted by atomic mass is 9.65. The number of piperazine rings is 1. The van der Waals surface area contributed by atoms with Gasteiger partial charge in [-0.1, -0.05) is 25.0 Å². The number of rotatable bonds is 6. The van der Waals surface area contributed by atoms with Gasteiger partial charge in [-0.2, -0.15) is 0 Å². The molecule has 2 atom stereocenters. The van der Waals surface area contributed by atoms with E-state index in [0.717, 1.165) is 43.4 Å². The molecule has 3 aromatic rings. The van der Waals surface area contributed by atoms with Crippen molar-refractivity contribution in [1.29, 1.82) is 0 Å². The summed E-state index contributed by atoms with van der Waals surface area (Å²) in [6, 6.07) is 11.6. The van der Waals surface area contributed by atoms with Crippen LogP contribution in [0.1, 0.15) is 43.7 Å². The number of hydrogen-bond acceptors (Lipinski definition) is 6. The molecule has 234 valence electrons. The molecule has 0 radical (unpaired) electrons. The average Bonchev–Trinajstić information content (AvgIpc) is 3.53. The zero-order chi connectivity index (χ0) is 30.9. The van der Waals surface area contributed by atoms with E-state index in [4.69, 9.17) is 9.47 Å². The molecule has 3 fully saturated rings. The van der Waals surface area contributed by atoms with Gasteiger partial charge in [0.1, 0.15) is 17.4 Å². The quantitative estimate of drug-likeness (QED) is 0.440. The first-order valence-electron chi connectivity index (χ1n) is 15.3. The van der Waals surface area contributed by atoms with Crippen molar-refractivity contribution in [3.8, 4) is 17.0 Å². The monoisotopic (exact) mass is 607 g/mol. The second kappa shape index (κ2) is 12.3. The van der Waals surface area contributed by atoms with Crippen LogP contribution in [-0.4, -0.2) is 77.9 Å². The molecule has 6 rings (SSSR count). The van der Waals surface area contributed by atoms with Gasteiger partial charge >= 0.3 is 6.03 Å². The third-order valence-corrected chi connectivity index (χ3v) is 9.96. The number of hydrogen-bond donors (Lipinski definition) is 1. The molecule has 2 saturated heterocycles. The van der Waals surface area contributed by atoms with Crippen LogP contribution in [0.25, 0.3) is 11.3 Å². The minimum Gasteiger partial charge on any atom is -0.496 e. The van der Waals surface area contributed by atoms with Gasteiger partial charge in [-0.05, 0) is 49.6 Å². The number of benzene rings is 2. The number of nitrogens with one attached hydrogen (secondary N) is 1. The molecule has 1 aliphatic carbocycles. The van der Waals surface area contributed by atoms with Gasteiger partial charge in [0.2, 0.25) is 0 Å². The van der Waals surface area contributed by atoms with Gasteiger partial charge in [0.05, 0.1) is 37.3 Å². The summed E-state index contributed by atoms with van der Waals surface area (Å²) < 4.78 is 42.4. The van der Waals surface area contributed by atoms with E-state index in [0.29, 0.717) is 57.1 Å². The Morgan fingerprint density at radius 2 is 1.86 bits per heavy atom. The number of carbonyl (C=O) groups excluding carboxylic acids is 1. The highest BCUT2D eigenvalue weighted by Crippen LogP contribution is 2.53. The van der Waals surface area contributed by atoms with Crippen LogP contribution in [-0.2, 0) is 11.3 Å². The zero-order valence-corrected chi connectivity index (χ0v) is 25.2. The van der Waals surface area contributed by atoms with Crippen LogP contribution in [0.3, 0.4) is 0 Å². The Bertz CT molecular complexity index is 1580. The molecule has 0 unspecified atom stereocenters. The number of para-hydroxylation sites is 1. The predicted molar refractivity (Wildman–Crippen MR) is 161 cm³/mol. The fourth-order valence-corrected chi connectivity index (χ4v) is 7.61. The second-order valence-electron chi connectivity index (χ2n) is 12.2. The normalized spacial score (nSPS) is 23.2. The first-order valence-corrected chi connectivity index (χ1v) is 15.3. The standard InChI is InChI=1S/C33H39F2N5O4/c1-43-29-8-4-3-7-24(29)27-18-30(41)39(22-37-27)21-33(44-2)13-15-38(20-32(33)11-5-6-12-32)31(42)40-16-14-36-19-28(40)25-17-23(34)9-10-26(25)35/h3-4,7-10,17-18,22,28,36H,5-6,11-16,19-21H2,1-2H3/t28-,33+/m0/s1. The number of likely N-dealkylation sites (tertiary alicyclic amines) is 1. The number of halogens is 2. The molecule has 1 N–H and O–H groups in total. The van der Waals surface area contributed by atoms with Crippen molar-refractivity contribution in [2.24, 2.45) is 5.41 Å². The zero-order valence-electron chi connectivity index (χ0n) is 25.2. The summed E-state index contributed by atoms with van der Waals surface area (Å²) in [5.74, 6) is -0.426. The van der Waals surface area contributed by atoms with E-state index in [1.807, 2.05) is 29.2 Å². The summed E-state index contributed by atoms with van der Waals surface area (Å²) in [5, 5.41) is 3.23. The van der Waals surface area contributed by atoms with Gasteiger partial charge in [-0.15, -0.1) is 0 Å². The third kappa shape index (κ3) is 5.36. The molecular formula is C33H39F2N5O4.